The van der Waals surface area contributed by atoms with Gasteiger partial charge < -0.3 is 5.32 Å². The molecule has 2 aromatic rings. The number of benzene rings is 1. The van der Waals surface area contributed by atoms with Gasteiger partial charge in [-0.15, -0.1) is 10.2 Å². The van der Waals surface area contributed by atoms with E-state index in [1.54, 1.807) is 18.2 Å². The Morgan fingerprint density at radius 3 is 2.94 bits per heavy atom. The van der Waals surface area contributed by atoms with Crippen LogP contribution in [0.4, 0.5) is 5.69 Å². The third-order valence-electron chi connectivity index (χ3n) is 1.99. The zero-order valence-corrected chi connectivity index (χ0v) is 9.12. The molecule has 0 saturated carbocycles. The van der Waals surface area contributed by atoms with Crippen LogP contribution in [0.15, 0.2) is 18.2 Å². The highest BCUT2D eigenvalue weighted by molar-refractivity contribution is 6.30. The van der Waals surface area contributed by atoms with Crippen LogP contribution in [0.3, 0.4) is 0 Å². The van der Waals surface area contributed by atoms with Gasteiger partial charge in [-0.05, 0) is 35.9 Å². The van der Waals surface area contributed by atoms with Crippen molar-refractivity contribution in [2.24, 2.45) is 0 Å². The highest BCUT2D eigenvalue weighted by atomic mass is 35.5. The molecule has 0 atom stereocenters. The first kappa shape index (κ1) is 10.6. The Morgan fingerprint density at radius 2 is 2.31 bits per heavy atom. The van der Waals surface area contributed by atoms with E-state index in [4.69, 9.17) is 11.6 Å². The minimum absolute atomic E-state index is 0.00523. The number of aromatic nitrogens is 4. The van der Waals surface area contributed by atoms with E-state index in [0.29, 0.717) is 10.7 Å². The number of carbonyl (C=O) groups excluding carboxylic acids is 1. The monoisotopic (exact) mass is 237 g/mol. The molecule has 2 N–H and O–H groups in total. The number of tetrazole rings is 1. The average Bonchev–Trinajstić information content (AvgIpc) is 2.75. The van der Waals surface area contributed by atoms with Crippen LogP contribution in [0.5, 0.6) is 0 Å². The maximum atomic E-state index is 11.6. The van der Waals surface area contributed by atoms with E-state index in [2.05, 4.69) is 25.9 Å². The number of anilines is 1. The lowest BCUT2D eigenvalue weighted by molar-refractivity contribution is 0.101. The molecule has 0 aliphatic heterocycles. The van der Waals surface area contributed by atoms with E-state index < -0.39 is 5.91 Å². The van der Waals surface area contributed by atoms with Crippen molar-refractivity contribution in [3.8, 4) is 0 Å². The summed E-state index contributed by atoms with van der Waals surface area (Å²) in [5.74, 6) is -0.423. The van der Waals surface area contributed by atoms with Gasteiger partial charge in [0.05, 0.1) is 0 Å². The van der Waals surface area contributed by atoms with Crippen LogP contribution in [0.25, 0.3) is 0 Å². The third-order valence-corrected chi connectivity index (χ3v) is 2.22. The SMILES string of the molecule is Cc1cc(Cl)ccc1NC(=O)c1nn[nH]n1. The van der Waals surface area contributed by atoms with E-state index in [0.717, 1.165) is 5.56 Å². The second-order valence-corrected chi connectivity index (χ2v) is 3.59. The van der Waals surface area contributed by atoms with Crippen molar-refractivity contribution in [2.45, 2.75) is 6.92 Å². The Bertz CT molecular complexity index is 511. The van der Waals surface area contributed by atoms with Gasteiger partial charge in [-0.25, -0.2) is 0 Å². The lowest BCUT2D eigenvalue weighted by Crippen LogP contribution is -2.14. The minimum atomic E-state index is -0.417. The first-order valence-electron chi connectivity index (χ1n) is 4.48. The highest BCUT2D eigenvalue weighted by Gasteiger charge is 2.11. The summed E-state index contributed by atoms with van der Waals surface area (Å²) < 4.78 is 0. The van der Waals surface area contributed by atoms with Gasteiger partial charge in [-0.1, -0.05) is 11.6 Å². The molecule has 0 bridgehead atoms. The molecule has 82 valence electrons. The van der Waals surface area contributed by atoms with Gasteiger partial charge in [0.15, 0.2) is 0 Å². The minimum Gasteiger partial charge on any atom is -0.319 e. The fourth-order valence-corrected chi connectivity index (χ4v) is 1.43. The van der Waals surface area contributed by atoms with E-state index >= 15 is 0 Å². The highest BCUT2D eigenvalue weighted by Crippen LogP contribution is 2.19. The van der Waals surface area contributed by atoms with Crippen molar-refractivity contribution in [3.63, 3.8) is 0 Å². The summed E-state index contributed by atoms with van der Waals surface area (Å²) in [6.45, 7) is 1.84. The number of aryl methyl sites for hydroxylation is 1. The van der Waals surface area contributed by atoms with Crippen LogP contribution in [0.1, 0.15) is 16.2 Å². The number of hydrogen-bond donors (Lipinski definition) is 2. The lowest BCUT2D eigenvalue weighted by Gasteiger charge is -2.06. The molecular weight excluding hydrogens is 230 g/mol. The van der Waals surface area contributed by atoms with Crippen LogP contribution in [-0.2, 0) is 0 Å². The van der Waals surface area contributed by atoms with Crippen LogP contribution in [0, 0.1) is 6.92 Å². The molecule has 6 nitrogen and oxygen atoms in total. The summed E-state index contributed by atoms with van der Waals surface area (Å²) in [4.78, 5) is 11.6. The summed E-state index contributed by atoms with van der Waals surface area (Å²) in [6.07, 6.45) is 0. The molecule has 16 heavy (non-hydrogen) atoms. The summed E-state index contributed by atoms with van der Waals surface area (Å²) in [7, 11) is 0. The van der Waals surface area contributed by atoms with E-state index in [-0.39, 0.29) is 5.82 Å². The molecule has 0 aliphatic carbocycles. The van der Waals surface area contributed by atoms with Crippen molar-refractivity contribution in [3.05, 3.63) is 34.6 Å². The van der Waals surface area contributed by atoms with Crippen molar-refractivity contribution in [1.82, 2.24) is 20.6 Å². The maximum Gasteiger partial charge on any atom is 0.297 e. The zero-order chi connectivity index (χ0) is 11.5. The predicted molar refractivity (Wildman–Crippen MR) is 58.3 cm³/mol. The van der Waals surface area contributed by atoms with Gasteiger partial charge in [-0.3, -0.25) is 4.79 Å². The molecule has 1 aromatic heterocycles. The van der Waals surface area contributed by atoms with Crippen molar-refractivity contribution in [2.75, 3.05) is 5.32 Å². The summed E-state index contributed by atoms with van der Waals surface area (Å²) in [5, 5.41) is 15.9. The topological polar surface area (TPSA) is 83.6 Å². The summed E-state index contributed by atoms with van der Waals surface area (Å²) >= 11 is 5.80. The second kappa shape index (κ2) is 4.28. The van der Waals surface area contributed by atoms with Crippen LogP contribution >= 0.6 is 11.6 Å². The molecule has 2 rings (SSSR count). The van der Waals surface area contributed by atoms with Crippen molar-refractivity contribution < 1.29 is 4.79 Å². The molecule has 1 aromatic carbocycles. The molecule has 0 fully saturated rings. The third kappa shape index (κ3) is 2.17. The smallest absolute Gasteiger partial charge is 0.297 e. The van der Waals surface area contributed by atoms with Gasteiger partial charge >= 0.3 is 0 Å². The average molecular weight is 238 g/mol. The fraction of sp³-hybridized carbons (Fsp3) is 0.111. The molecule has 1 amide bonds. The second-order valence-electron chi connectivity index (χ2n) is 3.15. The first-order valence-corrected chi connectivity index (χ1v) is 4.85. The Kier molecular flexibility index (Phi) is 2.82. The standard InChI is InChI=1S/C9H8ClN5O/c1-5-4-6(10)2-3-7(5)11-9(16)8-12-14-15-13-8/h2-4H,1H3,(H,11,16)(H,12,13,14,15). The number of rotatable bonds is 2. The Morgan fingerprint density at radius 1 is 1.50 bits per heavy atom. The van der Waals surface area contributed by atoms with Crippen molar-refractivity contribution in [1.29, 1.82) is 0 Å². The van der Waals surface area contributed by atoms with Gasteiger partial charge in [0.1, 0.15) is 0 Å². The Balaban J connectivity index is 2.18. The summed E-state index contributed by atoms with van der Waals surface area (Å²) in [6, 6.07) is 5.17. The van der Waals surface area contributed by atoms with Gasteiger partial charge in [-0.2, -0.15) is 5.21 Å². The normalized spacial score (nSPS) is 10.1. The molecule has 0 spiro atoms. The fourth-order valence-electron chi connectivity index (χ4n) is 1.20. The van der Waals surface area contributed by atoms with Gasteiger partial charge in [0.25, 0.3) is 11.7 Å². The molecule has 0 unspecified atom stereocenters. The molecule has 0 saturated heterocycles. The number of halogens is 1. The first-order chi connectivity index (χ1) is 7.66. The lowest BCUT2D eigenvalue weighted by atomic mass is 10.2. The Hall–Kier alpha value is -1.95. The summed E-state index contributed by atoms with van der Waals surface area (Å²) in [5.41, 5.74) is 1.53. The number of H-pyrrole nitrogens is 1. The van der Waals surface area contributed by atoms with Crippen LogP contribution in [0.2, 0.25) is 5.02 Å². The van der Waals surface area contributed by atoms with Crippen LogP contribution in [-0.4, -0.2) is 26.5 Å². The number of carbonyl (C=O) groups is 1. The largest absolute Gasteiger partial charge is 0.319 e. The molecule has 1 heterocycles. The van der Waals surface area contributed by atoms with E-state index in [1.807, 2.05) is 6.92 Å². The number of nitrogens with zero attached hydrogens (tertiary/aromatic N) is 3. The number of amides is 1. The molecular formula is C9H8ClN5O. The van der Waals surface area contributed by atoms with Crippen LogP contribution < -0.4 is 5.32 Å². The number of nitrogens with one attached hydrogen (secondary N) is 2. The van der Waals surface area contributed by atoms with Gasteiger partial charge in [0.2, 0.25) is 0 Å². The Labute approximate surface area is 96.0 Å². The molecule has 0 aliphatic rings. The number of aromatic amines is 1. The molecule has 7 heteroatoms. The van der Waals surface area contributed by atoms with Crippen molar-refractivity contribution >= 4 is 23.2 Å². The predicted octanol–water partition coefficient (Wildman–Crippen LogP) is 1.41. The van der Waals surface area contributed by atoms with Gasteiger partial charge in [0, 0.05) is 10.7 Å². The van der Waals surface area contributed by atoms with E-state index in [1.165, 1.54) is 0 Å². The molecule has 0 radical (unpaired) electrons. The number of hydrogen-bond acceptors (Lipinski definition) is 4. The maximum absolute atomic E-state index is 11.6. The van der Waals surface area contributed by atoms with E-state index in [9.17, 15) is 4.79 Å². The quantitative estimate of drug-likeness (QED) is 0.827. The zero-order valence-electron chi connectivity index (χ0n) is 8.36.